The zero-order valence-corrected chi connectivity index (χ0v) is 18.2. The van der Waals surface area contributed by atoms with E-state index >= 15 is 0 Å². The van der Waals surface area contributed by atoms with Gasteiger partial charge >= 0.3 is 6.09 Å². The van der Waals surface area contributed by atoms with Crippen LogP contribution in [0.4, 0.5) is 4.79 Å². The summed E-state index contributed by atoms with van der Waals surface area (Å²) in [6.07, 6.45) is 7.11. The Kier molecular flexibility index (Phi) is 6.62. The van der Waals surface area contributed by atoms with E-state index in [4.69, 9.17) is 4.74 Å². The molecule has 3 aromatic rings. The molecule has 3 heterocycles. The Hall–Kier alpha value is -3.19. The monoisotopic (exact) mass is 419 g/mol. The normalized spacial score (nSPS) is 14.6. The second-order valence-corrected chi connectivity index (χ2v) is 8.06. The van der Waals surface area contributed by atoms with Gasteiger partial charge in [0.25, 0.3) is 0 Å². The molecule has 0 spiro atoms. The van der Waals surface area contributed by atoms with E-state index in [-0.39, 0.29) is 6.09 Å². The number of benzene rings is 1. The van der Waals surface area contributed by atoms with Crippen LogP contribution in [0.25, 0.3) is 0 Å². The predicted octanol–water partition coefficient (Wildman–Crippen LogP) is 3.07. The molecule has 1 fully saturated rings. The third kappa shape index (κ3) is 5.70. The number of amides is 1. The van der Waals surface area contributed by atoms with Crippen molar-refractivity contribution in [2.75, 3.05) is 32.7 Å². The largest absolute Gasteiger partial charge is 0.415 e. The highest BCUT2D eigenvalue weighted by molar-refractivity contribution is 5.70. The molecule has 0 aliphatic carbocycles. The first-order valence-corrected chi connectivity index (χ1v) is 10.7. The van der Waals surface area contributed by atoms with Gasteiger partial charge < -0.3 is 14.2 Å². The third-order valence-corrected chi connectivity index (χ3v) is 5.69. The van der Waals surface area contributed by atoms with Crippen LogP contribution in [0.2, 0.25) is 0 Å². The zero-order valence-electron chi connectivity index (χ0n) is 18.2. The highest BCUT2D eigenvalue weighted by Crippen LogP contribution is 2.17. The first kappa shape index (κ1) is 21.1. The minimum Gasteiger partial charge on any atom is -0.410 e. The smallest absolute Gasteiger partial charge is 0.410 e. The molecule has 162 valence electrons. The summed E-state index contributed by atoms with van der Waals surface area (Å²) in [6.45, 7) is 6.08. The molecule has 1 aliphatic rings. The van der Waals surface area contributed by atoms with Gasteiger partial charge in [-0.3, -0.25) is 9.88 Å². The second-order valence-electron chi connectivity index (χ2n) is 8.06. The fraction of sp³-hybridized carbons (Fsp3) is 0.375. The molecule has 0 unspecified atom stereocenters. The molecule has 4 rings (SSSR count). The van der Waals surface area contributed by atoms with Gasteiger partial charge in [-0.2, -0.15) is 0 Å². The van der Waals surface area contributed by atoms with Gasteiger partial charge in [0, 0.05) is 70.7 Å². The van der Waals surface area contributed by atoms with Crippen molar-refractivity contribution < 1.29 is 9.53 Å². The van der Waals surface area contributed by atoms with Crippen LogP contribution in [0.3, 0.4) is 0 Å². The molecule has 7 heteroatoms. The number of carbonyl (C=O) groups is 1. The van der Waals surface area contributed by atoms with Crippen molar-refractivity contribution in [3.8, 4) is 5.75 Å². The van der Waals surface area contributed by atoms with Gasteiger partial charge in [0.2, 0.25) is 0 Å². The average molecular weight is 420 g/mol. The number of aromatic nitrogens is 3. The molecule has 0 atom stereocenters. The highest BCUT2D eigenvalue weighted by atomic mass is 16.6. The number of hydrogen-bond acceptors (Lipinski definition) is 5. The molecule has 1 aliphatic heterocycles. The van der Waals surface area contributed by atoms with Crippen LogP contribution in [0.5, 0.6) is 5.75 Å². The van der Waals surface area contributed by atoms with Gasteiger partial charge in [-0.15, -0.1) is 0 Å². The maximum atomic E-state index is 12.5. The number of piperazine rings is 1. The summed E-state index contributed by atoms with van der Waals surface area (Å²) in [5.74, 6) is 0.573. The number of imidazole rings is 1. The summed E-state index contributed by atoms with van der Waals surface area (Å²) < 4.78 is 7.56. The van der Waals surface area contributed by atoms with Crippen LogP contribution in [-0.4, -0.2) is 63.2 Å². The lowest BCUT2D eigenvalue weighted by Crippen LogP contribution is -2.49. The molecule has 7 nitrogen and oxygen atoms in total. The minimum atomic E-state index is -0.280. The number of rotatable bonds is 6. The van der Waals surface area contributed by atoms with Gasteiger partial charge in [-0.1, -0.05) is 18.2 Å². The molecule has 0 saturated carbocycles. The predicted molar refractivity (Wildman–Crippen MR) is 119 cm³/mol. The molecule has 2 aromatic heterocycles. The van der Waals surface area contributed by atoms with Crippen LogP contribution in [0.15, 0.2) is 55.1 Å². The lowest BCUT2D eigenvalue weighted by Gasteiger charge is -2.33. The highest BCUT2D eigenvalue weighted by Gasteiger charge is 2.22. The number of hydrogen-bond donors (Lipinski definition) is 0. The number of carbonyl (C=O) groups excluding carboxylic acids is 1. The maximum Gasteiger partial charge on any atom is 0.415 e. The van der Waals surface area contributed by atoms with Crippen molar-refractivity contribution in [2.24, 2.45) is 7.05 Å². The van der Waals surface area contributed by atoms with Crippen molar-refractivity contribution in [3.63, 3.8) is 0 Å². The molecule has 0 bridgehead atoms. The van der Waals surface area contributed by atoms with Gasteiger partial charge in [-0.25, -0.2) is 9.78 Å². The first-order chi connectivity index (χ1) is 15.1. The van der Waals surface area contributed by atoms with Gasteiger partial charge in [0.05, 0.1) is 12.0 Å². The maximum absolute atomic E-state index is 12.5. The fourth-order valence-corrected chi connectivity index (χ4v) is 3.76. The van der Waals surface area contributed by atoms with Crippen molar-refractivity contribution in [1.29, 1.82) is 0 Å². The van der Waals surface area contributed by atoms with E-state index < -0.39 is 0 Å². The molecular weight excluding hydrogens is 390 g/mol. The van der Waals surface area contributed by atoms with Crippen molar-refractivity contribution in [2.45, 2.75) is 19.8 Å². The third-order valence-electron chi connectivity index (χ3n) is 5.69. The van der Waals surface area contributed by atoms with E-state index in [9.17, 15) is 4.79 Å². The summed E-state index contributed by atoms with van der Waals surface area (Å²) in [6, 6.07) is 11.7. The number of ether oxygens (including phenoxy) is 1. The second kappa shape index (κ2) is 9.75. The Bertz CT molecular complexity index is 1010. The fourth-order valence-electron chi connectivity index (χ4n) is 3.76. The lowest BCUT2D eigenvalue weighted by atomic mass is 10.1. The molecule has 31 heavy (non-hydrogen) atoms. The summed E-state index contributed by atoms with van der Waals surface area (Å²) in [7, 11) is 1.98. The summed E-state index contributed by atoms with van der Waals surface area (Å²) in [4.78, 5) is 25.5. The molecule has 1 aromatic carbocycles. The lowest BCUT2D eigenvalue weighted by molar-refractivity contribution is 0.111. The Morgan fingerprint density at radius 3 is 2.52 bits per heavy atom. The van der Waals surface area contributed by atoms with Crippen LogP contribution in [0.1, 0.15) is 22.5 Å². The Morgan fingerprint density at radius 1 is 1.06 bits per heavy atom. The molecule has 1 saturated heterocycles. The Labute approximate surface area is 183 Å². The summed E-state index contributed by atoms with van der Waals surface area (Å²) in [5.41, 5.74) is 4.49. The number of nitrogens with zero attached hydrogens (tertiary/aromatic N) is 5. The van der Waals surface area contributed by atoms with Gasteiger partial charge in [0.1, 0.15) is 5.75 Å². The van der Waals surface area contributed by atoms with E-state index in [2.05, 4.69) is 34.1 Å². The standard InChI is InChI=1S/C24H29N5O2/c1-19-4-3-10-25-23(19)16-20-5-7-22(8-6-20)31-24(30)29-14-12-28(13-15-29)11-9-21-17-27(2)18-26-21/h3-8,10,17-18H,9,11-16H2,1-2H3. The van der Waals surface area contributed by atoms with Gasteiger partial charge in [0.15, 0.2) is 0 Å². The Balaban J connectivity index is 1.23. The SMILES string of the molecule is Cc1cccnc1Cc1ccc(OC(=O)N2CCN(CCc3cn(C)cn3)CC2)cc1. The Morgan fingerprint density at radius 2 is 1.84 bits per heavy atom. The first-order valence-electron chi connectivity index (χ1n) is 10.7. The topological polar surface area (TPSA) is 63.5 Å². The summed E-state index contributed by atoms with van der Waals surface area (Å²) in [5, 5.41) is 0. The molecule has 1 amide bonds. The van der Waals surface area contributed by atoms with Crippen molar-refractivity contribution in [1.82, 2.24) is 24.3 Å². The van der Waals surface area contributed by atoms with E-state index in [1.807, 2.05) is 54.5 Å². The van der Waals surface area contributed by atoms with Gasteiger partial charge in [-0.05, 0) is 36.2 Å². The van der Waals surface area contributed by atoms with Crippen molar-refractivity contribution in [3.05, 3.63) is 77.6 Å². The molecule has 0 radical (unpaired) electrons. The van der Waals surface area contributed by atoms with E-state index in [1.165, 1.54) is 5.56 Å². The van der Waals surface area contributed by atoms with E-state index in [0.29, 0.717) is 18.8 Å². The van der Waals surface area contributed by atoms with E-state index in [0.717, 1.165) is 49.4 Å². The molecular formula is C24H29N5O2. The van der Waals surface area contributed by atoms with Crippen LogP contribution < -0.4 is 4.74 Å². The quantitative estimate of drug-likeness (QED) is 0.614. The van der Waals surface area contributed by atoms with Crippen LogP contribution in [-0.2, 0) is 19.9 Å². The zero-order chi connectivity index (χ0) is 21.6. The van der Waals surface area contributed by atoms with Crippen LogP contribution in [0, 0.1) is 6.92 Å². The van der Waals surface area contributed by atoms with Crippen molar-refractivity contribution >= 4 is 6.09 Å². The summed E-state index contributed by atoms with van der Waals surface area (Å²) >= 11 is 0. The number of pyridine rings is 1. The average Bonchev–Trinajstić information content (AvgIpc) is 3.21. The minimum absolute atomic E-state index is 0.280. The van der Waals surface area contributed by atoms with Crippen LogP contribution >= 0.6 is 0 Å². The number of aryl methyl sites for hydroxylation is 2. The molecule has 0 N–H and O–H groups in total. The van der Waals surface area contributed by atoms with E-state index in [1.54, 1.807) is 4.90 Å².